The van der Waals surface area contributed by atoms with Crippen molar-refractivity contribution in [3.63, 3.8) is 0 Å². The van der Waals surface area contributed by atoms with Crippen molar-refractivity contribution in [1.29, 1.82) is 0 Å². The molecule has 0 bridgehead atoms. The Balaban J connectivity index is 1.66. The second kappa shape index (κ2) is 8.52. The molecule has 0 atom stereocenters. The summed E-state index contributed by atoms with van der Waals surface area (Å²) >= 11 is 6.33. The first-order valence-corrected chi connectivity index (χ1v) is 9.76. The predicted octanol–water partition coefficient (Wildman–Crippen LogP) is 3.88. The Morgan fingerprint density at radius 3 is 2.80 bits per heavy atom. The zero-order valence-corrected chi connectivity index (χ0v) is 17.1. The van der Waals surface area contributed by atoms with Gasteiger partial charge in [-0.15, -0.1) is 0 Å². The minimum absolute atomic E-state index is 0.307. The van der Waals surface area contributed by atoms with Crippen LogP contribution in [-0.4, -0.2) is 33.8 Å². The lowest BCUT2D eigenvalue weighted by Gasteiger charge is -2.14. The van der Waals surface area contributed by atoms with Crippen LogP contribution in [0.25, 0.3) is 22.2 Å². The van der Waals surface area contributed by atoms with Crippen molar-refractivity contribution >= 4 is 34.1 Å². The van der Waals surface area contributed by atoms with Crippen LogP contribution in [0.5, 0.6) is 5.75 Å². The molecule has 1 amide bonds. The van der Waals surface area contributed by atoms with E-state index in [-0.39, 0.29) is 5.91 Å². The monoisotopic (exact) mass is 421 g/mol. The quantitative estimate of drug-likeness (QED) is 0.492. The van der Waals surface area contributed by atoms with Crippen molar-refractivity contribution in [3.8, 4) is 17.0 Å². The van der Waals surface area contributed by atoms with Crippen molar-refractivity contribution < 1.29 is 9.53 Å². The summed E-state index contributed by atoms with van der Waals surface area (Å²) in [5, 5.41) is 8.54. The lowest BCUT2D eigenvalue weighted by molar-refractivity contribution is 0.102. The van der Waals surface area contributed by atoms with E-state index in [2.05, 4.69) is 15.4 Å². The van der Waals surface area contributed by atoms with E-state index in [9.17, 15) is 4.79 Å². The molecule has 0 aliphatic heterocycles. The summed E-state index contributed by atoms with van der Waals surface area (Å²) < 4.78 is 7.42. The lowest BCUT2D eigenvalue weighted by Crippen LogP contribution is -2.14. The van der Waals surface area contributed by atoms with Gasteiger partial charge in [0.25, 0.3) is 5.91 Å². The minimum atomic E-state index is -0.307. The lowest BCUT2D eigenvalue weighted by atomic mass is 10.1. The molecule has 2 aromatic heterocycles. The van der Waals surface area contributed by atoms with E-state index in [1.165, 1.54) is 0 Å². The SMILES string of the molecule is Cn1ncc(Cl)c1-c1cc(NC(=O)c2ccc3ccccc3n2)ccc1OCCN. The number of rotatable bonds is 6. The first kappa shape index (κ1) is 19.9. The molecule has 0 spiro atoms. The molecule has 0 saturated heterocycles. The van der Waals surface area contributed by atoms with Gasteiger partial charge in [0.05, 0.1) is 22.4 Å². The third-order valence-electron chi connectivity index (χ3n) is 4.59. The number of para-hydroxylation sites is 1. The Hall–Kier alpha value is -3.42. The summed E-state index contributed by atoms with van der Waals surface area (Å²) in [6.45, 7) is 0.736. The number of hydrogen-bond acceptors (Lipinski definition) is 5. The number of amides is 1. The van der Waals surface area contributed by atoms with Crippen molar-refractivity contribution in [2.24, 2.45) is 12.8 Å². The second-order valence-corrected chi connectivity index (χ2v) is 7.06. The summed E-state index contributed by atoms with van der Waals surface area (Å²) in [6.07, 6.45) is 1.56. The van der Waals surface area contributed by atoms with Crippen LogP contribution < -0.4 is 15.8 Å². The number of halogens is 1. The van der Waals surface area contributed by atoms with E-state index in [1.54, 1.807) is 42.2 Å². The van der Waals surface area contributed by atoms with Crippen LogP contribution in [0, 0.1) is 0 Å². The number of carbonyl (C=O) groups excluding carboxylic acids is 1. The molecule has 4 aromatic rings. The van der Waals surface area contributed by atoms with Crippen LogP contribution in [0.15, 0.2) is 60.8 Å². The van der Waals surface area contributed by atoms with Crippen molar-refractivity contribution in [2.45, 2.75) is 0 Å². The molecule has 2 aromatic carbocycles. The Kier molecular flexibility index (Phi) is 5.65. The topological polar surface area (TPSA) is 95.1 Å². The number of hydrogen-bond donors (Lipinski definition) is 2. The molecule has 3 N–H and O–H groups in total. The van der Waals surface area contributed by atoms with Gasteiger partial charge in [-0.1, -0.05) is 35.9 Å². The summed E-state index contributed by atoms with van der Waals surface area (Å²) in [7, 11) is 1.79. The van der Waals surface area contributed by atoms with Gasteiger partial charge in [0.2, 0.25) is 0 Å². The molecule has 0 radical (unpaired) electrons. The largest absolute Gasteiger partial charge is 0.492 e. The van der Waals surface area contributed by atoms with Gasteiger partial charge < -0.3 is 15.8 Å². The molecule has 30 heavy (non-hydrogen) atoms. The fraction of sp³-hybridized carbons (Fsp3) is 0.136. The van der Waals surface area contributed by atoms with Gasteiger partial charge in [-0.05, 0) is 30.3 Å². The standard InChI is InChI=1S/C22H20ClN5O2/c1-28-21(17(23)13-25-28)16-12-15(7-9-20(16)30-11-10-24)26-22(29)19-8-6-14-4-2-3-5-18(14)27-19/h2-9,12-13H,10-11,24H2,1H3,(H,26,29). The normalized spacial score (nSPS) is 10.9. The zero-order chi connectivity index (χ0) is 21.1. The van der Waals surface area contributed by atoms with Crippen LogP contribution in [0.1, 0.15) is 10.5 Å². The van der Waals surface area contributed by atoms with Crippen LogP contribution in [0.2, 0.25) is 5.02 Å². The maximum Gasteiger partial charge on any atom is 0.274 e. The van der Waals surface area contributed by atoms with Crippen molar-refractivity contribution in [2.75, 3.05) is 18.5 Å². The highest BCUT2D eigenvalue weighted by Gasteiger charge is 2.17. The molecule has 4 rings (SSSR count). The van der Waals surface area contributed by atoms with E-state index in [0.717, 1.165) is 10.9 Å². The number of ether oxygens (including phenoxy) is 1. The molecular formula is C22H20ClN5O2. The Labute approximate surface area is 178 Å². The predicted molar refractivity (Wildman–Crippen MR) is 118 cm³/mol. The van der Waals surface area contributed by atoms with Crippen LogP contribution in [0.3, 0.4) is 0 Å². The number of carbonyl (C=O) groups is 1. The number of aryl methyl sites for hydroxylation is 1. The average Bonchev–Trinajstić information content (AvgIpc) is 3.10. The maximum absolute atomic E-state index is 12.8. The maximum atomic E-state index is 12.8. The average molecular weight is 422 g/mol. The minimum Gasteiger partial charge on any atom is -0.492 e. The van der Waals surface area contributed by atoms with Crippen LogP contribution >= 0.6 is 11.6 Å². The molecule has 0 fully saturated rings. The van der Waals surface area contributed by atoms with Gasteiger partial charge in [0.1, 0.15) is 18.1 Å². The van der Waals surface area contributed by atoms with E-state index in [1.807, 2.05) is 30.3 Å². The fourth-order valence-electron chi connectivity index (χ4n) is 3.19. The van der Waals surface area contributed by atoms with Crippen molar-refractivity contribution in [3.05, 3.63) is 71.5 Å². The summed E-state index contributed by atoms with van der Waals surface area (Å²) in [6, 6.07) is 16.6. The van der Waals surface area contributed by atoms with Gasteiger partial charge in [0, 0.05) is 30.2 Å². The highest BCUT2D eigenvalue weighted by atomic mass is 35.5. The number of aromatic nitrogens is 3. The third kappa shape index (κ3) is 3.98. The number of benzene rings is 2. The molecular weight excluding hydrogens is 402 g/mol. The Morgan fingerprint density at radius 2 is 2.03 bits per heavy atom. The number of nitrogens with two attached hydrogens (primary N) is 1. The number of pyridine rings is 1. The van der Waals surface area contributed by atoms with E-state index in [4.69, 9.17) is 22.1 Å². The van der Waals surface area contributed by atoms with Gasteiger partial charge >= 0.3 is 0 Å². The van der Waals surface area contributed by atoms with Gasteiger partial charge in [-0.3, -0.25) is 9.48 Å². The molecule has 0 aliphatic rings. The highest BCUT2D eigenvalue weighted by molar-refractivity contribution is 6.33. The van der Waals surface area contributed by atoms with E-state index in [0.29, 0.717) is 46.6 Å². The summed E-state index contributed by atoms with van der Waals surface area (Å²) in [4.78, 5) is 17.2. The first-order valence-electron chi connectivity index (χ1n) is 9.39. The Morgan fingerprint density at radius 1 is 1.20 bits per heavy atom. The number of nitrogens with zero attached hydrogens (tertiary/aromatic N) is 3. The molecule has 7 nitrogen and oxygen atoms in total. The van der Waals surface area contributed by atoms with E-state index >= 15 is 0 Å². The van der Waals surface area contributed by atoms with Crippen LogP contribution in [-0.2, 0) is 7.05 Å². The summed E-state index contributed by atoms with van der Waals surface area (Å²) in [5.41, 5.74) is 8.64. The fourth-order valence-corrected chi connectivity index (χ4v) is 3.46. The first-order chi connectivity index (χ1) is 14.6. The van der Waals surface area contributed by atoms with Gasteiger partial charge in [0.15, 0.2) is 0 Å². The zero-order valence-electron chi connectivity index (χ0n) is 16.3. The Bertz CT molecular complexity index is 1200. The molecule has 0 saturated carbocycles. The molecule has 8 heteroatoms. The van der Waals surface area contributed by atoms with E-state index < -0.39 is 0 Å². The molecule has 152 valence electrons. The number of nitrogens with one attached hydrogen (secondary N) is 1. The molecule has 2 heterocycles. The van der Waals surface area contributed by atoms with Crippen molar-refractivity contribution in [1.82, 2.24) is 14.8 Å². The number of anilines is 1. The highest BCUT2D eigenvalue weighted by Crippen LogP contribution is 2.36. The molecule has 0 aliphatic carbocycles. The van der Waals surface area contributed by atoms with Crippen LogP contribution in [0.4, 0.5) is 5.69 Å². The third-order valence-corrected chi connectivity index (χ3v) is 4.87. The van der Waals surface area contributed by atoms with Gasteiger partial charge in [-0.2, -0.15) is 5.10 Å². The summed E-state index contributed by atoms with van der Waals surface area (Å²) in [5.74, 6) is 0.297. The number of fused-ring (bicyclic) bond motifs is 1. The molecule has 0 unspecified atom stereocenters. The van der Waals surface area contributed by atoms with Gasteiger partial charge in [-0.25, -0.2) is 4.98 Å². The second-order valence-electron chi connectivity index (χ2n) is 6.66. The smallest absolute Gasteiger partial charge is 0.274 e.